The van der Waals surface area contributed by atoms with Crippen LogP contribution in [0.15, 0.2) is 60.8 Å². The summed E-state index contributed by atoms with van der Waals surface area (Å²) < 4.78 is 7.46. The number of hydrogen-bond donors (Lipinski definition) is 0. The first kappa shape index (κ1) is 19.2. The maximum atomic E-state index is 12.6. The summed E-state index contributed by atoms with van der Waals surface area (Å²) in [5, 5.41) is 0. The quantitative estimate of drug-likeness (QED) is 0.617. The smallest absolute Gasteiger partial charge is 0.222 e. The largest absolute Gasteiger partial charge is 0.497 e. The zero-order valence-electron chi connectivity index (χ0n) is 17.0. The van der Waals surface area contributed by atoms with Crippen molar-refractivity contribution in [3.05, 3.63) is 83.4 Å². The van der Waals surface area contributed by atoms with E-state index >= 15 is 0 Å². The molecule has 0 unspecified atom stereocenters. The van der Waals surface area contributed by atoms with Gasteiger partial charge in [0.2, 0.25) is 5.91 Å². The number of carbonyl (C=O) groups excluding carboxylic acids is 1. The highest BCUT2D eigenvalue weighted by atomic mass is 16.5. The lowest BCUT2D eigenvalue weighted by Gasteiger charge is -2.39. The molecule has 0 radical (unpaired) electrons. The van der Waals surface area contributed by atoms with Crippen LogP contribution in [0.5, 0.6) is 5.75 Å². The minimum atomic E-state index is 0.218. The Labute approximate surface area is 171 Å². The van der Waals surface area contributed by atoms with Gasteiger partial charge in [0.05, 0.1) is 13.0 Å². The van der Waals surface area contributed by atoms with E-state index < -0.39 is 0 Å². The molecule has 5 heteroatoms. The maximum Gasteiger partial charge on any atom is 0.222 e. The average Bonchev–Trinajstić information content (AvgIpc) is 3.06. The highest BCUT2D eigenvalue weighted by Gasteiger charge is 2.34. The lowest BCUT2D eigenvalue weighted by Crippen LogP contribution is -2.49. The van der Waals surface area contributed by atoms with Gasteiger partial charge in [-0.1, -0.05) is 42.5 Å². The molecule has 2 heterocycles. The molecule has 1 aliphatic heterocycles. The van der Waals surface area contributed by atoms with Gasteiger partial charge in [-0.2, -0.15) is 0 Å². The van der Waals surface area contributed by atoms with E-state index in [1.54, 1.807) is 7.11 Å². The van der Waals surface area contributed by atoms with Crippen molar-refractivity contribution < 1.29 is 9.53 Å². The second-order valence-electron chi connectivity index (χ2n) is 7.67. The van der Waals surface area contributed by atoms with E-state index in [1.165, 1.54) is 5.56 Å². The number of rotatable bonds is 7. The van der Waals surface area contributed by atoms with Crippen LogP contribution >= 0.6 is 0 Å². The third-order valence-electron chi connectivity index (χ3n) is 5.66. The molecular formula is C24H27N3O2. The van der Waals surface area contributed by atoms with Crippen LogP contribution in [0.4, 0.5) is 0 Å². The summed E-state index contributed by atoms with van der Waals surface area (Å²) in [5.41, 5.74) is 3.58. The van der Waals surface area contributed by atoms with Crippen molar-refractivity contribution in [2.45, 2.75) is 32.2 Å². The number of aromatic nitrogens is 2. The number of likely N-dealkylation sites (tertiary alicyclic amines) is 1. The molecule has 1 amide bonds. The Hall–Kier alpha value is -3.08. The maximum absolute atomic E-state index is 12.6. The van der Waals surface area contributed by atoms with E-state index in [0.29, 0.717) is 12.3 Å². The molecule has 3 aromatic rings. The number of aryl methyl sites for hydroxylation is 2. The second kappa shape index (κ2) is 8.52. The lowest BCUT2D eigenvalue weighted by atomic mass is 9.97. The van der Waals surface area contributed by atoms with Gasteiger partial charge in [0.15, 0.2) is 0 Å². The van der Waals surface area contributed by atoms with Crippen LogP contribution in [0.25, 0.3) is 0 Å². The highest BCUT2D eigenvalue weighted by molar-refractivity contribution is 5.77. The fraction of sp³-hybridized carbons (Fsp3) is 0.333. The van der Waals surface area contributed by atoms with Gasteiger partial charge >= 0.3 is 0 Å². The third kappa shape index (κ3) is 4.34. The van der Waals surface area contributed by atoms with Gasteiger partial charge in [0.1, 0.15) is 11.6 Å². The molecule has 0 spiro atoms. The van der Waals surface area contributed by atoms with Crippen molar-refractivity contribution >= 4 is 5.91 Å². The molecule has 1 aliphatic rings. The number of nitrogens with zero attached hydrogens (tertiary/aromatic N) is 3. The van der Waals surface area contributed by atoms with Crippen LogP contribution in [0.3, 0.4) is 0 Å². The predicted molar refractivity (Wildman–Crippen MR) is 113 cm³/mol. The van der Waals surface area contributed by atoms with Crippen molar-refractivity contribution in [3.63, 3.8) is 0 Å². The SMILES string of the molecule is COc1ccc(CCC(=O)N2CC(c3ncc(C)n3Cc3ccccc3)C2)cc1. The van der Waals surface area contributed by atoms with Gasteiger partial charge in [-0.25, -0.2) is 4.98 Å². The summed E-state index contributed by atoms with van der Waals surface area (Å²) >= 11 is 0. The number of amides is 1. The first-order chi connectivity index (χ1) is 14.1. The molecule has 29 heavy (non-hydrogen) atoms. The number of imidazole rings is 1. The zero-order chi connectivity index (χ0) is 20.2. The zero-order valence-corrected chi connectivity index (χ0v) is 17.0. The lowest BCUT2D eigenvalue weighted by molar-refractivity contribution is -0.135. The Bertz CT molecular complexity index is 958. The van der Waals surface area contributed by atoms with Crippen LogP contribution in [-0.2, 0) is 17.8 Å². The predicted octanol–water partition coefficient (Wildman–Crippen LogP) is 3.81. The molecule has 0 aliphatic carbocycles. The molecule has 4 rings (SSSR count). The highest BCUT2D eigenvalue weighted by Crippen LogP contribution is 2.28. The summed E-state index contributed by atoms with van der Waals surface area (Å²) in [7, 11) is 1.66. The topological polar surface area (TPSA) is 47.4 Å². The Morgan fingerprint density at radius 2 is 1.79 bits per heavy atom. The van der Waals surface area contributed by atoms with E-state index in [1.807, 2.05) is 41.4 Å². The van der Waals surface area contributed by atoms with Crippen LogP contribution in [0, 0.1) is 6.92 Å². The number of methoxy groups -OCH3 is 1. The summed E-state index contributed by atoms with van der Waals surface area (Å²) in [6.07, 6.45) is 3.23. The van der Waals surface area contributed by atoms with Gasteiger partial charge in [-0.3, -0.25) is 4.79 Å². The average molecular weight is 389 g/mol. The van der Waals surface area contributed by atoms with Gasteiger partial charge in [-0.15, -0.1) is 0 Å². The molecule has 0 N–H and O–H groups in total. The Morgan fingerprint density at radius 3 is 2.48 bits per heavy atom. The number of benzene rings is 2. The standard InChI is InChI=1S/C24H27N3O2/c1-18-14-25-24(27(18)15-20-6-4-3-5-7-20)21-16-26(17-21)23(28)13-10-19-8-11-22(29-2)12-9-19/h3-9,11-12,14,21H,10,13,15-17H2,1-2H3. The summed E-state index contributed by atoms with van der Waals surface area (Å²) in [5.74, 6) is 2.46. The van der Waals surface area contributed by atoms with Crippen LogP contribution in [0.2, 0.25) is 0 Å². The van der Waals surface area contributed by atoms with Crippen molar-refractivity contribution in [2.24, 2.45) is 0 Å². The van der Waals surface area contributed by atoms with Crippen LogP contribution in [0.1, 0.15) is 35.0 Å². The van der Waals surface area contributed by atoms with Gasteiger partial charge in [-0.05, 0) is 36.6 Å². The summed E-state index contributed by atoms with van der Waals surface area (Å²) in [4.78, 5) is 19.2. The van der Waals surface area contributed by atoms with Gasteiger partial charge in [0.25, 0.3) is 0 Å². The summed E-state index contributed by atoms with van der Waals surface area (Å²) in [6.45, 7) is 4.43. The third-order valence-corrected chi connectivity index (χ3v) is 5.66. The molecule has 1 saturated heterocycles. The van der Waals surface area contributed by atoms with E-state index in [2.05, 4.69) is 40.7 Å². The molecule has 2 aromatic carbocycles. The first-order valence-corrected chi connectivity index (χ1v) is 10.1. The van der Waals surface area contributed by atoms with Crippen molar-refractivity contribution in [2.75, 3.05) is 20.2 Å². The molecule has 1 aromatic heterocycles. The monoisotopic (exact) mass is 389 g/mol. The Balaban J connectivity index is 1.32. The van der Waals surface area contributed by atoms with Crippen LogP contribution in [-0.4, -0.2) is 40.6 Å². The minimum Gasteiger partial charge on any atom is -0.497 e. The normalized spacial score (nSPS) is 13.9. The van der Waals surface area contributed by atoms with E-state index in [0.717, 1.165) is 48.9 Å². The first-order valence-electron chi connectivity index (χ1n) is 10.1. The minimum absolute atomic E-state index is 0.218. The Kier molecular flexibility index (Phi) is 5.65. The molecule has 0 bridgehead atoms. The molecular weight excluding hydrogens is 362 g/mol. The van der Waals surface area contributed by atoms with E-state index in [-0.39, 0.29) is 5.91 Å². The fourth-order valence-electron chi connectivity index (χ4n) is 3.82. The van der Waals surface area contributed by atoms with Crippen molar-refractivity contribution in [1.29, 1.82) is 0 Å². The number of ether oxygens (including phenoxy) is 1. The van der Waals surface area contributed by atoms with E-state index in [9.17, 15) is 4.79 Å². The molecule has 0 atom stereocenters. The molecule has 5 nitrogen and oxygen atoms in total. The molecule has 0 saturated carbocycles. The number of carbonyl (C=O) groups is 1. The number of hydrogen-bond acceptors (Lipinski definition) is 3. The fourth-order valence-corrected chi connectivity index (χ4v) is 3.82. The summed E-state index contributed by atoms with van der Waals surface area (Å²) in [6, 6.07) is 18.4. The second-order valence-corrected chi connectivity index (χ2v) is 7.67. The molecule has 150 valence electrons. The van der Waals surface area contributed by atoms with Crippen LogP contribution < -0.4 is 4.74 Å². The van der Waals surface area contributed by atoms with Crippen molar-refractivity contribution in [3.8, 4) is 5.75 Å². The molecule has 1 fully saturated rings. The van der Waals surface area contributed by atoms with Crippen molar-refractivity contribution in [1.82, 2.24) is 14.5 Å². The van der Waals surface area contributed by atoms with Gasteiger partial charge < -0.3 is 14.2 Å². The van der Waals surface area contributed by atoms with E-state index in [4.69, 9.17) is 4.74 Å². The Morgan fingerprint density at radius 1 is 1.07 bits per heavy atom. The van der Waals surface area contributed by atoms with Gasteiger partial charge in [0, 0.05) is 37.9 Å².